The number of rotatable bonds is 3. The molecule has 0 aromatic carbocycles. The quantitative estimate of drug-likeness (QED) is 0.736. The maximum absolute atomic E-state index is 11.0. The third kappa shape index (κ3) is 2.35. The zero-order valence-electron chi connectivity index (χ0n) is 8.15. The number of carbonyl (C=O) groups excluding carboxylic acids is 1. The monoisotopic (exact) mass is 195 g/mol. The summed E-state index contributed by atoms with van der Waals surface area (Å²) in [6.07, 6.45) is 1.27. The highest BCUT2D eigenvalue weighted by molar-refractivity contribution is 5.95. The number of primary amides is 1. The van der Waals surface area contributed by atoms with E-state index in [1.54, 1.807) is 0 Å². The lowest BCUT2D eigenvalue weighted by Crippen LogP contribution is -2.16. The summed E-state index contributed by atoms with van der Waals surface area (Å²) < 4.78 is 5.37. The molecule has 1 heterocycles. The molecule has 0 radical (unpaired) electrons. The van der Waals surface area contributed by atoms with Crippen molar-refractivity contribution in [2.24, 2.45) is 5.73 Å². The molecule has 1 aromatic rings. The Hall–Kier alpha value is -1.78. The first-order valence-electron chi connectivity index (χ1n) is 4.22. The Morgan fingerprint density at radius 2 is 2.21 bits per heavy atom. The number of pyridine rings is 1. The molecule has 0 bridgehead atoms. The van der Waals surface area contributed by atoms with Crippen molar-refractivity contribution >= 4 is 11.7 Å². The minimum absolute atomic E-state index is 0.0464. The highest BCUT2D eigenvalue weighted by Crippen LogP contribution is 2.20. The van der Waals surface area contributed by atoms with Crippen molar-refractivity contribution < 1.29 is 9.53 Å². The van der Waals surface area contributed by atoms with E-state index in [4.69, 9.17) is 16.2 Å². The third-order valence-corrected chi connectivity index (χ3v) is 1.52. The molecule has 0 saturated carbocycles. The topological polar surface area (TPSA) is 91.2 Å². The molecule has 0 unspecified atom stereocenters. The minimum atomic E-state index is -0.576. The SMILES string of the molecule is CC(C)Oc1cc(N)ncc1C(N)=O. The molecular weight excluding hydrogens is 182 g/mol. The maximum atomic E-state index is 11.0. The number of aromatic nitrogens is 1. The lowest BCUT2D eigenvalue weighted by Gasteiger charge is -2.12. The number of anilines is 1. The van der Waals surface area contributed by atoms with Gasteiger partial charge in [-0.05, 0) is 13.8 Å². The lowest BCUT2D eigenvalue weighted by atomic mass is 10.2. The summed E-state index contributed by atoms with van der Waals surface area (Å²) in [6, 6.07) is 1.49. The largest absolute Gasteiger partial charge is 0.490 e. The second kappa shape index (κ2) is 3.95. The predicted molar refractivity (Wildman–Crippen MR) is 52.9 cm³/mol. The summed E-state index contributed by atoms with van der Waals surface area (Å²) in [4.78, 5) is 14.7. The van der Waals surface area contributed by atoms with Gasteiger partial charge in [-0.1, -0.05) is 0 Å². The number of nitrogen functional groups attached to an aromatic ring is 1. The number of nitrogens with two attached hydrogens (primary N) is 2. The molecule has 14 heavy (non-hydrogen) atoms. The number of hydrogen-bond donors (Lipinski definition) is 2. The molecule has 0 aliphatic heterocycles. The molecule has 1 aromatic heterocycles. The van der Waals surface area contributed by atoms with Crippen molar-refractivity contribution in [2.45, 2.75) is 20.0 Å². The fourth-order valence-electron chi connectivity index (χ4n) is 0.989. The van der Waals surface area contributed by atoms with Crippen molar-refractivity contribution in [2.75, 3.05) is 5.73 Å². The van der Waals surface area contributed by atoms with Crippen LogP contribution in [0.5, 0.6) is 5.75 Å². The van der Waals surface area contributed by atoms with Gasteiger partial charge in [0.15, 0.2) is 0 Å². The van der Waals surface area contributed by atoms with E-state index >= 15 is 0 Å². The minimum Gasteiger partial charge on any atom is -0.490 e. The lowest BCUT2D eigenvalue weighted by molar-refractivity contribution is 0.0994. The van der Waals surface area contributed by atoms with Crippen LogP contribution in [0.3, 0.4) is 0 Å². The van der Waals surface area contributed by atoms with E-state index in [0.29, 0.717) is 11.6 Å². The van der Waals surface area contributed by atoms with Crippen molar-refractivity contribution in [3.63, 3.8) is 0 Å². The Morgan fingerprint density at radius 3 is 2.71 bits per heavy atom. The van der Waals surface area contributed by atoms with Gasteiger partial charge in [0.25, 0.3) is 5.91 Å². The van der Waals surface area contributed by atoms with Crippen LogP contribution in [0.4, 0.5) is 5.82 Å². The zero-order chi connectivity index (χ0) is 10.7. The van der Waals surface area contributed by atoms with Gasteiger partial charge in [0.05, 0.1) is 11.7 Å². The summed E-state index contributed by atoms with van der Waals surface area (Å²) in [5.74, 6) is 0.0961. The van der Waals surface area contributed by atoms with E-state index in [0.717, 1.165) is 0 Å². The summed E-state index contributed by atoms with van der Waals surface area (Å²) in [5, 5.41) is 0. The molecule has 0 atom stereocenters. The van der Waals surface area contributed by atoms with Crippen LogP contribution in [0.2, 0.25) is 0 Å². The predicted octanol–water partition coefficient (Wildman–Crippen LogP) is 0.550. The first kappa shape index (κ1) is 10.3. The molecule has 1 rings (SSSR count). The van der Waals surface area contributed by atoms with Gasteiger partial charge in [-0.15, -0.1) is 0 Å². The second-order valence-electron chi connectivity index (χ2n) is 3.14. The molecule has 4 N–H and O–H groups in total. The molecule has 1 amide bonds. The summed E-state index contributed by atoms with van der Waals surface area (Å²) in [6.45, 7) is 3.70. The van der Waals surface area contributed by atoms with Gasteiger partial charge in [0, 0.05) is 12.3 Å². The van der Waals surface area contributed by atoms with Crippen molar-refractivity contribution in [1.82, 2.24) is 4.98 Å². The van der Waals surface area contributed by atoms with Crippen molar-refractivity contribution in [3.8, 4) is 5.75 Å². The molecule has 5 nitrogen and oxygen atoms in total. The van der Waals surface area contributed by atoms with Gasteiger partial charge < -0.3 is 16.2 Å². The van der Waals surface area contributed by atoms with Crippen LogP contribution in [0.25, 0.3) is 0 Å². The van der Waals surface area contributed by atoms with E-state index < -0.39 is 5.91 Å². The summed E-state index contributed by atoms with van der Waals surface area (Å²) in [7, 11) is 0. The van der Waals surface area contributed by atoms with Crippen LogP contribution in [0.15, 0.2) is 12.3 Å². The van der Waals surface area contributed by atoms with E-state index in [2.05, 4.69) is 4.98 Å². The van der Waals surface area contributed by atoms with Gasteiger partial charge in [-0.2, -0.15) is 0 Å². The van der Waals surface area contributed by atoms with Crippen LogP contribution >= 0.6 is 0 Å². The Kier molecular flexibility index (Phi) is 2.91. The van der Waals surface area contributed by atoms with Gasteiger partial charge >= 0.3 is 0 Å². The van der Waals surface area contributed by atoms with Gasteiger partial charge in [-0.3, -0.25) is 4.79 Å². The van der Waals surface area contributed by atoms with Crippen molar-refractivity contribution in [3.05, 3.63) is 17.8 Å². The number of nitrogens with zero attached hydrogens (tertiary/aromatic N) is 1. The highest BCUT2D eigenvalue weighted by atomic mass is 16.5. The standard InChI is InChI=1S/C9H13N3O2/c1-5(2)14-7-3-8(10)12-4-6(7)9(11)13/h3-5H,1-2H3,(H2,10,12)(H2,11,13). The maximum Gasteiger partial charge on any atom is 0.254 e. The average molecular weight is 195 g/mol. The van der Waals surface area contributed by atoms with Crippen LogP contribution in [-0.2, 0) is 0 Å². The molecule has 5 heteroatoms. The van der Waals surface area contributed by atoms with Gasteiger partial charge in [-0.25, -0.2) is 4.98 Å². The Morgan fingerprint density at radius 1 is 1.57 bits per heavy atom. The van der Waals surface area contributed by atoms with Gasteiger partial charge in [0.2, 0.25) is 0 Å². The van der Waals surface area contributed by atoms with Crippen LogP contribution in [-0.4, -0.2) is 17.0 Å². The van der Waals surface area contributed by atoms with E-state index in [1.165, 1.54) is 12.3 Å². The molecular formula is C9H13N3O2. The summed E-state index contributed by atoms with van der Waals surface area (Å²) >= 11 is 0. The molecule has 76 valence electrons. The first-order valence-corrected chi connectivity index (χ1v) is 4.22. The first-order chi connectivity index (χ1) is 6.50. The second-order valence-corrected chi connectivity index (χ2v) is 3.14. The van der Waals surface area contributed by atoms with Gasteiger partial charge in [0.1, 0.15) is 11.6 Å². The Balaban J connectivity index is 3.09. The number of ether oxygens (including phenoxy) is 1. The number of carbonyl (C=O) groups is 1. The molecule has 0 fully saturated rings. The van der Waals surface area contributed by atoms with Crippen LogP contribution < -0.4 is 16.2 Å². The Bertz CT molecular complexity index is 350. The van der Waals surface area contributed by atoms with E-state index in [9.17, 15) is 4.79 Å². The summed E-state index contributed by atoms with van der Waals surface area (Å²) in [5.41, 5.74) is 10.8. The molecule has 0 saturated heterocycles. The number of amides is 1. The normalized spacial score (nSPS) is 10.2. The van der Waals surface area contributed by atoms with E-state index in [1.807, 2.05) is 13.8 Å². The molecule has 0 aliphatic rings. The fraction of sp³-hybridized carbons (Fsp3) is 0.333. The fourth-order valence-corrected chi connectivity index (χ4v) is 0.989. The molecule has 0 aliphatic carbocycles. The van der Waals surface area contributed by atoms with Crippen molar-refractivity contribution in [1.29, 1.82) is 0 Å². The van der Waals surface area contributed by atoms with Crippen LogP contribution in [0, 0.1) is 0 Å². The third-order valence-electron chi connectivity index (χ3n) is 1.52. The smallest absolute Gasteiger partial charge is 0.254 e. The average Bonchev–Trinajstić information content (AvgIpc) is 2.01. The Labute approximate surface area is 82.1 Å². The highest BCUT2D eigenvalue weighted by Gasteiger charge is 2.11. The molecule has 0 spiro atoms. The zero-order valence-corrected chi connectivity index (χ0v) is 8.15. The van der Waals surface area contributed by atoms with E-state index in [-0.39, 0.29) is 11.7 Å². The number of hydrogen-bond acceptors (Lipinski definition) is 4. The van der Waals surface area contributed by atoms with Crippen LogP contribution in [0.1, 0.15) is 24.2 Å².